The van der Waals surface area contributed by atoms with Crippen molar-refractivity contribution in [2.24, 2.45) is 5.41 Å². The average Bonchev–Trinajstić information content (AvgIpc) is 2.43. The zero-order valence-electron chi connectivity index (χ0n) is 13.0. The fourth-order valence-corrected chi connectivity index (χ4v) is 1.96. The minimum atomic E-state index is -0.666. The number of para-hydroxylation sites is 2. The number of hydrogen-bond donors (Lipinski definition) is 0. The predicted octanol–water partition coefficient (Wildman–Crippen LogP) is 2.16. The third-order valence-electron chi connectivity index (χ3n) is 3.12. The van der Waals surface area contributed by atoms with E-state index in [2.05, 4.69) is 4.98 Å². The highest BCUT2D eigenvalue weighted by molar-refractivity contribution is 5.92. The summed E-state index contributed by atoms with van der Waals surface area (Å²) in [4.78, 5) is 27.9. The lowest BCUT2D eigenvalue weighted by molar-refractivity contribution is -0.580. The van der Waals surface area contributed by atoms with Gasteiger partial charge in [-0.2, -0.15) is 4.73 Å². The number of nitrogens with zero attached hydrogens (tertiary/aromatic N) is 2. The summed E-state index contributed by atoms with van der Waals surface area (Å²) >= 11 is 0. The van der Waals surface area contributed by atoms with E-state index in [0.29, 0.717) is 15.8 Å². The number of fused-ring (bicyclic) bond motifs is 1. The lowest BCUT2D eigenvalue weighted by Gasteiger charge is -2.17. The van der Waals surface area contributed by atoms with Crippen LogP contribution >= 0.6 is 0 Å². The van der Waals surface area contributed by atoms with Crippen molar-refractivity contribution in [3.8, 4) is 0 Å². The van der Waals surface area contributed by atoms with Gasteiger partial charge in [0.05, 0.1) is 5.41 Å². The molecule has 0 bridgehead atoms. The number of ketones is 1. The average molecular weight is 302 g/mol. The van der Waals surface area contributed by atoms with Crippen LogP contribution in [-0.4, -0.2) is 16.7 Å². The first-order valence-electron chi connectivity index (χ1n) is 6.91. The lowest BCUT2D eigenvalue weighted by Crippen LogP contribution is -2.37. The third-order valence-corrected chi connectivity index (χ3v) is 3.12. The highest BCUT2D eigenvalue weighted by Crippen LogP contribution is 2.18. The van der Waals surface area contributed by atoms with Crippen LogP contribution in [0, 0.1) is 10.6 Å². The molecule has 0 unspecified atom stereocenters. The first kappa shape index (κ1) is 15.9. The molecular weight excluding hydrogens is 284 g/mol. The molecule has 22 heavy (non-hydrogen) atoms. The van der Waals surface area contributed by atoms with Crippen molar-refractivity contribution in [2.45, 2.75) is 34.3 Å². The van der Waals surface area contributed by atoms with Crippen LogP contribution in [0.4, 0.5) is 0 Å². The largest absolute Gasteiger partial charge is 0.618 e. The number of benzene rings is 1. The second kappa shape index (κ2) is 5.71. The maximum Gasteiger partial charge on any atom is 0.311 e. The second-order valence-electron chi connectivity index (χ2n) is 6.07. The third kappa shape index (κ3) is 3.05. The number of Topliss-reactive ketones (excluding diaryl/α,β-unsaturated/α-hetero) is 1. The zero-order valence-corrected chi connectivity index (χ0v) is 13.0. The Morgan fingerprint density at radius 2 is 1.91 bits per heavy atom. The summed E-state index contributed by atoms with van der Waals surface area (Å²) in [5.74, 6) is -0.843. The van der Waals surface area contributed by atoms with Gasteiger partial charge in [-0.05, 0) is 26.8 Å². The Hall–Kier alpha value is -2.50. The summed E-state index contributed by atoms with van der Waals surface area (Å²) in [5.41, 5.74) is 0.155. The Morgan fingerprint density at radius 1 is 1.27 bits per heavy atom. The molecule has 1 aromatic carbocycles. The van der Waals surface area contributed by atoms with E-state index in [-0.39, 0.29) is 18.0 Å². The molecule has 1 heterocycles. The van der Waals surface area contributed by atoms with Crippen molar-refractivity contribution < 1.29 is 19.1 Å². The molecule has 2 rings (SSSR count). The normalized spacial score (nSPS) is 11.5. The van der Waals surface area contributed by atoms with E-state index in [0.717, 1.165) is 0 Å². The number of carbonyl (C=O) groups excluding carboxylic acids is 2. The Morgan fingerprint density at radius 3 is 2.50 bits per heavy atom. The van der Waals surface area contributed by atoms with Crippen molar-refractivity contribution >= 4 is 22.8 Å². The van der Waals surface area contributed by atoms with Gasteiger partial charge in [0, 0.05) is 13.0 Å². The van der Waals surface area contributed by atoms with Crippen LogP contribution in [0.2, 0.25) is 0 Å². The molecule has 6 nitrogen and oxygen atoms in total. The molecule has 0 spiro atoms. The number of rotatable bonds is 3. The maximum absolute atomic E-state index is 12.3. The lowest BCUT2D eigenvalue weighted by atomic mass is 9.97. The monoisotopic (exact) mass is 302 g/mol. The molecule has 116 valence electrons. The maximum atomic E-state index is 12.3. The van der Waals surface area contributed by atoms with E-state index >= 15 is 0 Å². The van der Waals surface area contributed by atoms with Crippen LogP contribution < -0.4 is 4.73 Å². The van der Waals surface area contributed by atoms with Crippen molar-refractivity contribution in [3.05, 3.63) is 40.9 Å². The Bertz CT molecular complexity index is 748. The number of carbonyl (C=O) groups is 2. The standard InChI is InChI=1S/C16H18N2O4/c1-10(19)14-12(9-22-15(20)16(2,3)4)17-11-7-5-6-8-13(11)18(14)21/h5-8H,9H2,1-4H3. The number of hydrogen-bond acceptors (Lipinski definition) is 5. The fraction of sp³-hybridized carbons (Fsp3) is 0.375. The van der Waals surface area contributed by atoms with E-state index in [9.17, 15) is 14.8 Å². The van der Waals surface area contributed by atoms with Crippen LogP contribution in [0.25, 0.3) is 11.0 Å². The molecular formula is C16H18N2O4. The molecule has 6 heteroatoms. The number of ether oxygens (including phenoxy) is 1. The SMILES string of the molecule is CC(=O)c1c(COC(=O)C(C)(C)C)nc2ccccc2[n+]1[O-]. The van der Waals surface area contributed by atoms with Gasteiger partial charge in [-0.3, -0.25) is 9.59 Å². The van der Waals surface area contributed by atoms with Crippen molar-refractivity contribution in [2.75, 3.05) is 0 Å². The Balaban J connectivity index is 2.46. The van der Waals surface area contributed by atoms with Crippen LogP contribution in [0.1, 0.15) is 43.9 Å². The molecule has 0 aliphatic rings. The van der Waals surface area contributed by atoms with E-state index < -0.39 is 17.2 Å². The molecule has 0 saturated heterocycles. The van der Waals surface area contributed by atoms with E-state index in [1.54, 1.807) is 45.0 Å². The summed E-state index contributed by atoms with van der Waals surface area (Å²) in [6, 6.07) is 6.70. The number of aromatic nitrogens is 2. The van der Waals surface area contributed by atoms with Gasteiger partial charge in [-0.25, -0.2) is 4.98 Å². The van der Waals surface area contributed by atoms with Gasteiger partial charge in [0.1, 0.15) is 12.1 Å². The highest BCUT2D eigenvalue weighted by Gasteiger charge is 2.27. The molecule has 0 N–H and O–H groups in total. The minimum Gasteiger partial charge on any atom is -0.618 e. The summed E-state index contributed by atoms with van der Waals surface area (Å²) in [5, 5.41) is 12.3. The molecule has 0 amide bonds. The van der Waals surface area contributed by atoms with Gasteiger partial charge >= 0.3 is 5.97 Å². The van der Waals surface area contributed by atoms with E-state index in [4.69, 9.17) is 4.74 Å². The van der Waals surface area contributed by atoms with Crippen molar-refractivity contribution in [1.29, 1.82) is 0 Å². The molecule has 0 fully saturated rings. The smallest absolute Gasteiger partial charge is 0.311 e. The fourth-order valence-electron chi connectivity index (χ4n) is 1.96. The van der Waals surface area contributed by atoms with Gasteiger partial charge < -0.3 is 9.94 Å². The molecule has 0 radical (unpaired) electrons. The van der Waals surface area contributed by atoms with Gasteiger partial charge in [0.25, 0.3) is 5.69 Å². The summed E-state index contributed by atoms with van der Waals surface area (Å²) < 4.78 is 5.73. The van der Waals surface area contributed by atoms with Gasteiger partial charge in [-0.1, -0.05) is 12.1 Å². The topological polar surface area (TPSA) is 83.2 Å². The summed E-state index contributed by atoms with van der Waals surface area (Å²) in [6.45, 7) is 6.25. The zero-order chi connectivity index (χ0) is 16.5. The van der Waals surface area contributed by atoms with Gasteiger partial charge in [0.15, 0.2) is 5.69 Å². The molecule has 0 atom stereocenters. The summed E-state index contributed by atoms with van der Waals surface area (Å²) in [6.07, 6.45) is 0. The first-order chi connectivity index (χ1) is 10.2. The van der Waals surface area contributed by atoms with Crippen LogP contribution in [0.5, 0.6) is 0 Å². The summed E-state index contributed by atoms with van der Waals surface area (Å²) in [7, 11) is 0. The van der Waals surface area contributed by atoms with E-state index in [1.165, 1.54) is 6.92 Å². The quantitative estimate of drug-likeness (QED) is 0.375. The number of esters is 1. The van der Waals surface area contributed by atoms with E-state index in [1.807, 2.05) is 0 Å². The van der Waals surface area contributed by atoms with Crippen LogP contribution in [0.15, 0.2) is 24.3 Å². The van der Waals surface area contributed by atoms with Crippen molar-refractivity contribution in [3.63, 3.8) is 0 Å². The second-order valence-corrected chi connectivity index (χ2v) is 6.07. The molecule has 0 aliphatic carbocycles. The molecule has 0 saturated carbocycles. The van der Waals surface area contributed by atoms with Crippen LogP contribution in [0.3, 0.4) is 0 Å². The molecule has 2 aromatic rings. The Labute approximate surface area is 128 Å². The molecule has 0 aliphatic heterocycles. The van der Waals surface area contributed by atoms with Crippen molar-refractivity contribution in [1.82, 2.24) is 4.98 Å². The van der Waals surface area contributed by atoms with Crippen LogP contribution in [-0.2, 0) is 16.1 Å². The minimum absolute atomic E-state index is 0.0968. The first-order valence-corrected chi connectivity index (χ1v) is 6.91. The van der Waals surface area contributed by atoms with Gasteiger partial charge in [0.2, 0.25) is 11.3 Å². The molecule has 1 aromatic heterocycles. The van der Waals surface area contributed by atoms with Gasteiger partial charge in [-0.15, -0.1) is 0 Å². The highest BCUT2D eigenvalue weighted by atomic mass is 16.5. The Kier molecular flexibility index (Phi) is 4.12. The predicted molar refractivity (Wildman–Crippen MR) is 80.0 cm³/mol.